The second-order valence-corrected chi connectivity index (χ2v) is 9.94. The van der Waals surface area contributed by atoms with Gasteiger partial charge in [0.2, 0.25) is 0 Å². The second-order valence-electron chi connectivity index (χ2n) is 9.94. The minimum Gasteiger partial charge on any atom is -0.392 e. The number of aliphatic hydroxyl groups is 1. The van der Waals surface area contributed by atoms with Gasteiger partial charge in [-0.1, -0.05) is 56.3 Å². The van der Waals surface area contributed by atoms with Crippen molar-refractivity contribution in [2.45, 2.75) is 39.5 Å². The lowest BCUT2D eigenvalue weighted by atomic mass is 9.99. The molecular weight excluding hydrogens is 516 g/mol. The number of amides is 1. The summed E-state index contributed by atoms with van der Waals surface area (Å²) < 4.78 is 30.7. The van der Waals surface area contributed by atoms with E-state index in [4.69, 9.17) is 5.73 Å². The molecule has 0 spiro atoms. The van der Waals surface area contributed by atoms with Crippen molar-refractivity contribution >= 4 is 5.91 Å². The van der Waals surface area contributed by atoms with Crippen LogP contribution in [0.3, 0.4) is 0 Å². The lowest BCUT2D eigenvalue weighted by molar-refractivity contribution is 0.0603. The monoisotopic (exact) mass is 549 g/mol. The number of halogens is 2. The molecule has 4 rings (SSSR count). The summed E-state index contributed by atoms with van der Waals surface area (Å²) in [5.74, 6) is -1.89. The molecule has 1 heterocycles. The highest BCUT2D eigenvalue weighted by molar-refractivity contribution is 5.94. The maximum absolute atomic E-state index is 14.1. The van der Waals surface area contributed by atoms with Crippen molar-refractivity contribution in [3.05, 3.63) is 117 Å². The van der Waals surface area contributed by atoms with Gasteiger partial charge in [0.05, 0.1) is 24.9 Å². The predicted molar refractivity (Wildman–Crippen MR) is 148 cm³/mol. The van der Waals surface area contributed by atoms with Crippen LogP contribution in [0.4, 0.5) is 8.78 Å². The summed E-state index contributed by atoms with van der Waals surface area (Å²) in [7, 11) is 0. The third kappa shape index (κ3) is 6.35. The Morgan fingerprint density at radius 3 is 2.23 bits per heavy atom. The number of benzene rings is 3. The SMILES string of the molecule is CC(C)C(c1nn(-c2cc(F)cc(F)c2)c(=O)n1Cc1ccccc1)N(CCCN)C(=O)c1ccc(CO)cc1. The molecule has 3 N–H and O–H groups in total. The number of nitrogens with zero attached hydrogens (tertiary/aromatic N) is 4. The molecule has 3 aromatic carbocycles. The van der Waals surface area contributed by atoms with E-state index in [-0.39, 0.29) is 36.5 Å². The molecular formula is C30H33F2N5O3. The Morgan fingerprint density at radius 2 is 1.65 bits per heavy atom. The molecule has 0 bridgehead atoms. The molecule has 0 saturated heterocycles. The third-order valence-corrected chi connectivity index (χ3v) is 6.65. The molecule has 8 nitrogen and oxygen atoms in total. The van der Waals surface area contributed by atoms with E-state index in [0.717, 1.165) is 28.4 Å². The summed E-state index contributed by atoms with van der Waals surface area (Å²) in [5.41, 5.74) is 7.07. The summed E-state index contributed by atoms with van der Waals surface area (Å²) in [6.07, 6.45) is 0.502. The number of carbonyl (C=O) groups excluding carboxylic acids is 1. The van der Waals surface area contributed by atoms with Crippen molar-refractivity contribution < 1.29 is 18.7 Å². The number of carbonyl (C=O) groups is 1. The van der Waals surface area contributed by atoms with Crippen molar-refractivity contribution in [1.29, 1.82) is 0 Å². The number of hydrogen-bond acceptors (Lipinski definition) is 5. The summed E-state index contributed by atoms with van der Waals surface area (Å²) in [5, 5.41) is 14.0. The zero-order valence-corrected chi connectivity index (χ0v) is 22.5. The van der Waals surface area contributed by atoms with Crippen LogP contribution in [-0.4, -0.2) is 43.4 Å². The van der Waals surface area contributed by atoms with Gasteiger partial charge >= 0.3 is 5.69 Å². The van der Waals surface area contributed by atoms with Crippen LogP contribution < -0.4 is 11.4 Å². The Balaban J connectivity index is 1.89. The summed E-state index contributed by atoms with van der Waals surface area (Å²) >= 11 is 0. The number of rotatable bonds is 11. The molecule has 10 heteroatoms. The Bertz CT molecular complexity index is 1480. The van der Waals surface area contributed by atoms with E-state index in [1.54, 1.807) is 29.2 Å². The smallest absolute Gasteiger partial charge is 0.351 e. The van der Waals surface area contributed by atoms with Gasteiger partial charge < -0.3 is 15.7 Å². The van der Waals surface area contributed by atoms with Crippen LogP contribution in [0.25, 0.3) is 5.69 Å². The zero-order chi connectivity index (χ0) is 28.8. The molecule has 4 aromatic rings. The van der Waals surface area contributed by atoms with Gasteiger partial charge in [-0.3, -0.25) is 9.36 Å². The molecule has 0 saturated carbocycles. The summed E-state index contributed by atoms with van der Waals surface area (Å²) in [6, 6.07) is 18.1. The van der Waals surface area contributed by atoms with Crippen LogP contribution in [0.1, 0.15) is 53.6 Å². The normalized spacial score (nSPS) is 12.1. The first kappa shape index (κ1) is 28.8. The van der Waals surface area contributed by atoms with Crippen LogP contribution in [0.5, 0.6) is 0 Å². The molecule has 0 radical (unpaired) electrons. The summed E-state index contributed by atoms with van der Waals surface area (Å²) in [4.78, 5) is 29.3. The molecule has 1 atom stereocenters. The lowest BCUT2D eigenvalue weighted by Crippen LogP contribution is -2.40. The van der Waals surface area contributed by atoms with E-state index in [0.29, 0.717) is 30.6 Å². The number of hydrogen-bond donors (Lipinski definition) is 2. The highest BCUT2D eigenvalue weighted by Crippen LogP contribution is 2.30. The largest absolute Gasteiger partial charge is 0.392 e. The van der Waals surface area contributed by atoms with E-state index in [1.807, 2.05) is 44.2 Å². The van der Waals surface area contributed by atoms with Gasteiger partial charge in [-0.15, -0.1) is 5.10 Å². The molecule has 210 valence electrons. The van der Waals surface area contributed by atoms with E-state index < -0.39 is 23.4 Å². The second kappa shape index (κ2) is 12.8. The van der Waals surface area contributed by atoms with Crippen LogP contribution in [-0.2, 0) is 13.2 Å². The maximum Gasteiger partial charge on any atom is 0.351 e. The quantitative estimate of drug-likeness (QED) is 0.294. The molecule has 0 aliphatic heterocycles. The van der Waals surface area contributed by atoms with Crippen LogP contribution in [0.15, 0.2) is 77.6 Å². The predicted octanol–water partition coefficient (Wildman–Crippen LogP) is 4.04. The Labute approximate surface area is 231 Å². The van der Waals surface area contributed by atoms with Crippen molar-refractivity contribution in [3.8, 4) is 5.69 Å². The topological polar surface area (TPSA) is 106 Å². The third-order valence-electron chi connectivity index (χ3n) is 6.65. The van der Waals surface area contributed by atoms with Gasteiger partial charge in [0.15, 0.2) is 5.82 Å². The highest BCUT2D eigenvalue weighted by atomic mass is 19.1. The number of aliphatic hydroxyl groups excluding tert-OH is 1. The van der Waals surface area contributed by atoms with Crippen LogP contribution in [0, 0.1) is 17.6 Å². The van der Waals surface area contributed by atoms with Crippen molar-refractivity contribution in [2.75, 3.05) is 13.1 Å². The number of aromatic nitrogens is 3. The van der Waals surface area contributed by atoms with Crippen molar-refractivity contribution in [2.24, 2.45) is 11.7 Å². The lowest BCUT2D eigenvalue weighted by Gasteiger charge is -2.34. The average molecular weight is 550 g/mol. The van der Waals surface area contributed by atoms with Crippen molar-refractivity contribution in [3.63, 3.8) is 0 Å². The molecule has 0 fully saturated rings. The molecule has 1 aromatic heterocycles. The Morgan fingerprint density at radius 1 is 1.00 bits per heavy atom. The van der Waals surface area contributed by atoms with E-state index >= 15 is 0 Å². The van der Waals surface area contributed by atoms with Gasteiger partial charge in [0.1, 0.15) is 11.6 Å². The molecule has 40 heavy (non-hydrogen) atoms. The molecule has 1 unspecified atom stereocenters. The van der Waals surface area contributed by atoms with Gasteiger partial charge in [-0.25, -0.2) is 13.6 Å². The first-order valence-corrected chi connectivity index (χ1v) is 13.1. The van der Waals surface area contributed by atoms with Crippen LogP contribution >= 0.6 is 0 Å². The zero-order valence-electron chi connectivity index (χ0n) is 22.5. The number of nitrogens with two attached hydrogens (primary N) is 1. The highest BCUT2D eigenvalue weighted by Gasteiger charge is 2.34. The fraction of sp³-hybridized carbons (Fsp3) is 0.300. The standard InChI is InChI=1S/C30H33F2N5O3/c1-20(2)27(35(14-6-13-33)29(39)23-11-9-22(19-38)10-12-23)28-34-37(26-16-24(31)15-25(32)17-26)30(40)36(28)18-21-7-4-3-5-8-21/h3-5,7-12,15-17,20,27,38H,6,13-14,18-19,33H2,1-2H3. The molecule has 0 aliphatic carbocycles. The van der Waals surface area contributed by atoms with Crippen LogP contribution in [0.2, 0.25) is 0 Å². The average Bonchev–Trinajstić information content (AvgIpc) is 3.25. The van der Waals surface area contributed by atoms with Gasteiger partial charge in [-0.2, -0.15) is 4.68 Å². The molecule has 0 aliphatic rings. The molecule has 1 amide bonds. The van der Waals surface area contributed by atoms with Gasteiger partial charge in [0, 0.05) is 18.2 Å². The fourth-order valence-corrected chi connectivity index (χ4v) is 4.72. The van der Waals surface area contributed by atoms with Gasteiger partial charge in [0.25, 0.3) is 5.91 Å². The fourth-order valence-electron chi connectivity index (χ4n) is 4.72. The first-order valence-electron chi connectivity index (χ1n) is 13.1. The minimum absolute atomic E-state index is 0.0579. The Kier molecular flexibility index (Phi) is 9.23. The maximum atomic E-state index is 14.1. The summed E-state index contributed by atoms with van der Waals surface area (Å²) in [6.45, 7) is 4.46. The minimum atomic E-state index is -0.840. The van der Waals surface area contributed by atoms with E-state index in [9.17, 15) is 23.5 Å². The van der Waals surface area contributed by atoms with Gasteiger partial charge in [-0.05, 0) is 54.3 Å². The van der Waals surface area contributed by atoms with E-state index in [1.165, 1.54) is 4.57 Å². The van der Waals surface area contributed by atoms with E-state index in [2.05, 4.69) is 5.10 Å². The Hall–Kier alpha value is -4.15. The first-order chi connectivity index (χ1) is 19.2. The van der Waals surface area contributed by atoms with Crippen molar-refractivity contribution in [1.82, 2.24) is 19.2 Å².